The van der Waals surface area contributed by atoms with Gasteiger partial charge in [-0.15, -0.1) is 10.2 Å². The molecule has 0 amide bonds. The van der Waals surface area contributed by atoms with Crippen molar-refractivity contribution in [2.24, 2.45) is 0 Å². The van der Waals surface area contributed by atoms with Crippen LogP contribution < -0.4 is 0 Å². The summed E-state index contributed by atoms with van der Waals surface area (Å²) in [5.74, 6) is -2.38. The Morgan fingerprint density at radius 1 is 1.21 bits per heavy atom. The molecule has 0 bridgehead atoms. The van der Waals surface area contributed by atoms with E-state index < -0.39 is 17.6 Å². The number of hydrogen-bond acceptors (Lipinski definition) is 4. The minimum atomic E-state index is -0.958. The second-order valence-corrected chi connectivity index (χ2v) is 3.91. The molecule has 1 aromatic heterocycles. The second kappa shape index (κ2) is 5.55. The van der Waals surface area contributed by atoms with Gasteiger partial charge >= 0.3 is 5.97 Å². The zero-order valence-electron chi connectivity index (χ0n) is 9.77. The Labute approximate surface area is 106 Å². The van der Waals surface area contributed by atoms with Crippen molar-refractivity contribution in [1.29, 1.82) is 0 Å². The van der Waals surface area contributed by atoms with Gasteiger partial charge in [0.05, 0.1) is 12.8 Å². The molecule has 0 spiro atoms. The molecule has 0 aliphatic carbocycles. The summed E-state index contributed by atoms with van der Waals surface area (Å²) in [5, 5.41) is 15.9. The number of nitrogens with zero attached hydrogens (tertiary/aromatic N) is 2. The van der Waals surface area contributed by atoms with Crippen LogP contribution in [-0.4, -0.2) is 21.3 Å². The van der Waals surface area contributed by atoms with Gasteiger partial charge in [-0.3, -0.25) is 4.79 Å². The molecule has 0 saturated carbocycles. The Bertz CT molecular complexity index is 598. The van der Waals surface area contributed by atoms with Crippen molar-refractivity contribution in [3.8, 4) is 0 Å². The van der Waals surface area contributed by atoms with Crippen molar-refractivity contribution in [2.75, 3.05) is 0 Å². The van der Waals surface area contributed by atoms with Crippen LogP contribution in [-0.2, 0) is 17.6 Å². The number of hydrogen-bond donors (Lipinski definition) is 1. The monoisotopic (exact) mass is 268 g/mol. The number of carboxylic acid groups (broad SMARTS) is 1. The first-order chi connectivity index (χ1) is 9.04. The summed E-state index contributed by atoms with van der Waals surface area (Å²) in [6.07, 6.45) is 0.199. The maximum absolute atomic E-state index is 13.0. The number of aryl methyl sites for hydroxylation is 1. The first-order valence-corrected chi connectivity index (χ1v) is 5.51. The van der Waals surface area contributed by atoms with E-state index in [0.29, 0.717) is 5.56 Å². The average Bonchev–Trinajstić information content (AvgIpc) is 2.79. The van der Waals surface area contributed by atoms with Gasteiger partial charge in [0.25, 0.3) is 0 Å². The van der Waals surface area contributed by atoms with Crippen LogP contribution in [0.25, 0.3) is 0 Å². The van der Waals surface area contributed by atoms with Gasteiger partial charge in [0.15, 0.2) is 11.6 Å². The summed E-state index contributed by atoms with van der Waals surface area (Å²) < 4.78 is 30.9. The van der Waals surface area contributed by atoms with Gasteiger partial charge in [-0.1, -0.05) is 6.07 Å². The lowest BCUT2D eigenvalue weighted by Gasteiger charge is -1.98. The first kappa shape index (κ1) is 13.1. The lowest BCUT2D eigenvalue weighted by molar-refractivity contribution is -0.137. The standard InChI is InChI=1S/C12H10F2N2O3/c13-8-2-1-7(5-9(8)14)6-11-16-15-10(19-11)3-4-12(17)18/h1-2,5H,3-4,6H2,(H,17,18). The fourth-order valence-electron chi connectivity index (χ4n) is 1.50. The third-order valence-electron chi connectivity index (χ3n) is 2.40. The summed E-state index contributed by atoms with van der Waals surface area (Å²) >= 11 is 0. The van der Waals surface area contributed by atoms with Gasteiger partial charge in [0.1, 0.15) is 0 Å². The largest absolute Gasteiger partial charge is 0.481 e. The van der Waals surface area contributed by atoms with Crippen LogP contribution in [0.4, 0.5) is 8.78 Å². The van der Waals surface area contributed by atoms with Crippen molar-refractivity contribution in [1.82, 2.24) is 10.2 Å². The maximum Gasteiger partial charge on any atom is 0.303 e. The predicted molar refractivity (Wildman–Crippen MR) is 59.4 cm³/mol. The molecule has 0 atom stereocenters. The minimum Gasteiger partial charge on any atom is -0.481 e. The summed E-state index contributed by atoms with van der Waals surface area (Å²) in [4.78, 5) is 10.4. The van der Waals surface area contributed by atoms with Crippen LogP contribution >= 0.6 is 0 Å². The van der Waals surface area contributed by atoms with E-state index in [1.54, 1.807) is 0 Å². The van der Waals surface area contributed by atoms with Crippen LogP contribution in [0.15, 0.2) is 22.6 Å². The molecule has 2 rings (SSSR count). The first-order valence-electron chi connectivity index (χ1n) is 5.51. The van der Waals surface area contributed by atoms with E-state index in [2.05, 4.69) is 10.2 Å². The predicted octanol–water partition coefficient (Wildman–Crippen LogP) is 1.96. The van der Waals surface area contributed by atoms with Crippen LogP contribution in [0.2, 0.25) is 0 Å². The van der Waals surface area contributed by atoms with Gasteiger partial charge in [0.2, 0.25) is 11.8 Å². The van der Waals surface area contributed by atoms with E-state index in [4.69, 9.17) is 9.52 Å². The van der Waals surface area contributed by atoms with Gasteiger partial charge < -0.3 is 9.52 Å². The number of halogens is 2. The molecule has 1 N–H and O–H groups in total. The fraction of sp³-hybridized carbons (Fsp3) is 0.250. The number of aromatic nitrogens is 2. The zero-order chi connectivity index (χ0) is 13.8. The summed E-state index contributed by atoms with van der Waals surface area (Å²) in [5.41, 5.74) is 0.493. The number of aliphatic carboxylic acids is 1. The average molecular weight is 268 g/mol. The Kier molecular flexibility index (Phi) is 3.84. The molecule has 0 radical (unpaired) electrons. The highest BCUT2D eigenvalue weighted by Crippen LogP contribution is 2.13. The summed E-state index contributed by atoms with van der Waals surface area (Å²) in [6, 6.07) is 3.49. The van der Waals surface area contributed by atoms with Gasteiger partial charge in [0, 0.05) is 6.42 Å². The molecule has 0 unspecified atom stereocenters. The van der Waals surface area contributed by atoms with Crippen LogP contribution in [0.1, 0.15) is 23.8 Å². The lowest BCUT2D eigenvalue weighted by atomic mass is 10.1. The number of benzene rings is 1. The normalized spacial score (nSPS) is 10.6. The van der Waals surface area contributed by atoms with Crippen LogP contribution in [0, 0.1) is 11.6 Å². The molecular weight excluding hydrogens is 258 g/mol. The van der Waals surface area contributed by atoms with E-state index in [1.165, 1.54) is 6.07 Å². The molecule has 0 fully saturated rings. The molecule has 5 nitrogen and oxygen atoms in total. The summed E-state index contributed by atoms with van der Waals surface area (Å²) in [6.45, 7) is 0. The SMILES string of the molecule is O=C(O)CCc1nnc(Cc2ccc(F)c(F)c2)o1. The van der Waals surface area contributed by atoms with Crippen molar-refractivity contribution in [2.45, 2.75) is 19.3 Å². The van der Waals surface area contributed by atoms with E-state index in [0.717, 1.165) is 12.1 Å². The number of rotatable bonds is 5. The van der Waals surface area contributed by atoms with Gasteiger partial charge in [-0.2, -0.15) is 0 Å². The van der Waals surface area contributed by atoms with Gasteiger partial charge in [-0.25, -0.2) is 8.78 Å². The highest BCUT2D eigenvalue weighted by atomic mass is 19.2. The van der Waals surface area contributed by atoms with E-state index >= 15 is 0 Å². The molecular formula is C12H10F2N2O3. The van der Waals surface area contributed by atoms with Crippen molar-refractivity contribution < 1.29 is 23.1 Å². The second-order valence-electron chi connectivity index (χ2n) is 3.91. The number of carbonyl (C=O) groups is 1. The Balaban J connectivity index is 2.02. The lowest BCUT2D eigenvalue weighted by Crippen LogP contribution is -1.97. The minimum absolute atomic E-state index is 0.104. The van der Waals surface area contributed by atoms with Crippen molar-refractivity contribution in [3.63, 3.8) is 0 Å². The molecule has 0 aliphatic heterocycles. The Morgan fingerprint density at radius 2 is 1.95 bits per heavy atom. The van der Waals surface area contributed by atoms with E-state index in [1.807, 2.05) is 0 Å². The van der Waals surface area contributed by atoms with Crippen molar-refractivity contribution >= 4 is 5.97 Å². The highest BCUT2D eigenvalue weighted by Gasteiger charge is 2.10. The third-order valence-corrected chi connectivity index (χ3v) is 2.40. The molecule has 2 aromatic rings. The zero-order valence-corrected chi connectivity index (χ0v) is 9.77. The Morgan fingerprint density at radius 3 is 2.63 bits per heavy atom. The summed E-state index contributed by atoms with van der Waals surface area (Å²) in [7, 11) is 0. The smallest absolute Gasteiger partial charge is 0.303 e. The van der Waals surface area contributed by atoms with Crippen LogP contribution in [0.3, 0.4) is 0 Å². The maximum atomic E-state index is 13.0. The molecule has 0 saturated heterocycles. The van der Waals surface area contributed by atoms with E-state index in [9.17, 15) is 13.6 Å². The molecule has 7 heteroatoms. The van der Waals surface area contributed by atoms with E-state index in [-0.39, 0.29) is 31.0 Å². The van der Waals surface area contributed by atoms with Crippen LogP contribution in [0.5, 0.6) is 0 Å². The third kappa shape index (κ3) is 3.57. The molecule has 1 aromatic carbocycles. The quantitative estimate of drug-likeness (QED) is 0.897. The highest BCUT2D eigenvalue weighted by molar-refractivity contribution is 5.66. The molecule has 19 heavy (non-hydrogen) atoms. The number of carboxylic acids is 1. The Hall–Kier alpha value is -2.31. The molecule has 100 valence electrons. The van der Waals surface area contributed by atoms with Crippen molar-refractivity contribution in [3.05, 3.63) is 47.2 Å². The topological polar surface area (TPSA) is 76.2 Å². The van der Waals surface area contributed by atoms with Gasteiger partial charge in [-0.05, 0) is 17.7 Å². The molecule has 1 heterocycles. The fourth-order valence-corrected chi connectivity index (χ4v) is 1.50. The molecule has 0 aliphatic rings.